The molecule has 0 radical (unpaired) electrons. The van der Waals surface area contributed by atoms with Crippen molar-refractivity contribution >= 4 is 11.0 Å². The van der Waals surface area contributed by atoms with Gasteiger partial charge in [-0.2, -0.15) is 0 Å². The van der Waals surface area contributed by atoms with Crippen LogP contribution < -0.4 is 5.73 Å². The Bertz CT molecular complexity index is 536. The van der Waals surface area contributed by atoms with Crippen LogP contribution in [0, 0.1) is 0 Å². The third-order valence-corrected chi connectivity index (χ3v) is 3.55. The second-order valence-electron chi connectivity index (χ2n) is 4.77. The molecule has 0 bridgehead atoms. The average Bonchev–Trinajstić information content (AvgIpc) is 2.84. The summed E-state index contributed by atoms with van der Waals surface area (Å²) < 4.78 is 11.3. The van der Waals surface area contributed by atoms with E-state index in [1.54, 1.807) is 0 Å². The van der Waals surface area contributed by atoms with E-state index in [-0.39, 0.29) is 0 Å². The second-order valence-corrected chi connectivity index (χ2v) is 4.77. The van der Waals surface area contributed by atoms with Gasteiger partial charge in [-0.25, -0.2) is 0 Å². The molecule has 110 valence electrons. The van der Waals surface area contributed by atoms with Gasteiger partial charge in [0.05, 0.1) is 13.2 Å². The summed E-state index contributed by atoms with van der Waals surface area (Å²) in [5, 5.41) is 1.17. The smallest absolute Gasteiger partial charge is 0.134 e. The van der Waals surface area contributed by atoms with E-state index < -0.39 is 0 Å². The van der Waals surface area contributed by atoms with Crippen molar-refractivity contribution in [1.82, 2.24) is 4.90 Å². The third-order valence-electron chi connectivity index (χ3n) is 3.55. The lowest BCUT2D eigenvalue weighted by Gasteiger charge is -2.20. The van der Waals surface area contributed by atoms with Gasteiger partial charge >= 0.3 is 0 Å². The first kappa shape index (κ1) is 15.0. The molecule has 2 rings (SSSR count). The summed E-state index contributed by atoms with van der Waals surface area (Å²) in [6, 6.07) is 8.12. The minimum Gasteiger partial charge on any atom is -0.459 e. The fourth-order valence-corrected chi connectivity index (χ4v) is 2.40. The zero-order chi connectivity index (χ0) is 14.4. The molecule has 0 saturated heterocycles. The molecule has 0 aliphatic rings. The Balaban J connectivity index is 2.18. The minimum atomic E-state index is 0.438. The third kappa shape index (κ3) is 3.39. The number of para-hydroxylation sites is 1. The minimum absolute atomic E-state index is 0.438. The zero-order valence-corrected chi connectivity index (χ0v) is 12.4. The monoisotopic (exact) mass is 276 g/mol. The Hall–Kier alpha value is -1.36. The topological polar surface area (TPSA) is 51.6 Å². The number of furan rings is 1. The van der Waals surface area contributed by atoms with Crippen LogP contribution >= 0.6 is 0 Å². The molecule has 0 saturated carbocycles. The number of nitrogens with two attached hydrogens (primary N) is 1. The number of benzene rings is 1. The van der Waals surface area contributed by atoms with Gasteiger partial charge in [-0.05, 0) is 19.5 Å². The van der Waals surface area contributed by atoms with Gasteiger partial charge in [0, 0.05) is 30.6 Å². The molecule has 0 atom stereocenters. The molecule has 4 nitrogen and oxygen atoms in total. The zero-order valence-electron chi connectivity index (χ0n) is 12.4. The average molecular weight is 276 g/mol. The van der Waals surface area contributed by atoms with Gasteiger partial charge in [0.1, 0.15) is 11.3 Å². The normalized spacial score (nSPS) is 11.6. The SMILES string of the molecule is CCOCCN(CC)Cc1c(CN)oc2ccccc12. The molecule has 0 aliphatic carbocycles. The number of ether oxygens (including phenoxy) is 1. The van der Waals surface area contributed by atoms with E-state index in [0.717, 1.165) is 44.2 Å². The van der Waals surface area contributed by atoms with Gasteiger partial charge in [0.2, 0.25) is 0 Å². The van der Waals surface area contributed by atoms with E-state index in [1.807, 2.05) is 25.1 Å². The Morgan fingerprint density at radius 1 is 1.25 bits per heavy atom. The van der Waals surface area contributed by atoms with E-state index >= 15 is 0 Å². The van der Waals surface area contributed by atoms with Crippen molar-refractivity contribution in [3.8, 4) is 0 Å². The van der Waals surface area contributed by atoms with Crippen molar-refractivity contribution < 1.29 is 9.15 Å². The molecule has 2 N–H and O–H groups in total. The highest BCUT2D eigenvalue weighted by molar-refractivity contribution is 5.82. The lowest BCUT2D eigenvalue weighted by molar-refractivity contribution is 0.113. The van der Waals surface area contributed by atoms with E-state index in [4.69, 9.17) is 14.9 Å². The Morgan fingerprint density at radius 2 is 2.05 bits per heavy atom. The Kier molecular flexibility index (Phi) is 5.59. The van der Waals surface area contributed by atoms with E-state index in [0.29, 0.717) is 6.54 Å². The standard InChI is InChI=1S/C16H24N2O2/c1-3-18(9-10-19-4-2)12-14-13-7-5-6-8-15(13)20-16(14)11-17/h5-8H,3-4,9-12,17H2,1-2H3. The number of rotatable bonds is 8. The first-order valence-electron chi connectivity index (χ1n) is 7.29. The molecule has 0 spiro atoms. The highest BCUT2D eigenvalue weighted by atomic mass is 16.5. The maximum absolute atomic E-state index is 5.84. The Labute approximate surface area is 120 Å². The molecular formula is C16H24N2O2. The van der Waals surface area contributed by atoms with Crippen molar-refractivity contribution in [2.75, 3.05) is 26.3 Å². The van der Waals surface area contributed by atoms with Crippen molar-refractivity contribution in [3.05, 3.63) is 35.6 Å². The van der Waals surface area contributed by atoms with Crippen LogP contribution in [0.15, 0.2) is 28.7 Å². The van der Waals surface area contributed by atoms with Crippen molar-refractivity contribution in [2.45, 2.75) is 26.9 Å². The van der Waals surface area contributed by atoms with Gasteiger partial charge < -0.3 is 14.9 Å². The summed E-state index contributed by atoms with van der Waals surface area (Å²) in [5.41, 5.74) is 7.95. The molecule has 0 fully saturated rings. The number of hydrogen-bond donors (Lipinski definition) is 1. The molecule has 20 heavy (non-hydrogen) atoms. The second kappa shape index (κ2) is 7.43. The summed E-state index contributed by atoms with van der Waals surface area (Å²) in [7, 11) is 0. The van der Waals surface area contributed by atoms with Gasteiger partial charge in [-0.15, -0.1) is 0 Å². The highest BCUT2D eigenvalue weighted by Crippen LogP contribution is 2.26. The molecule has 4 heteroatoms. The van der Waals surface area contributed by atoms with Crippen molar-refractivity contribution in [2.24, 2.45) is 5.73 Å². The van der Waals surface area contributed by atoms with Gasteiger partial charge in [0.25, 0.3) is 0 Å². The molecule has 0 amide bonds. The Morgan fingerprint density at radius 3 is 2.75 bits per heavy atom. The van der Waals surface area contributed by atoms with Crippen LogP contribution in [0.4, 0.5) is 0 Å². The van der Waals surface area contributed by atoms with Gasteiger partial charge in [0.15, 0.2) is 0 Å². The predicted molar refractivity (Wildman–Crippen MR) is 81.5 cm³/mol. The van der Waals surface area contributed by atoms with E-state index in [9.17, 15) is 0 Å². The lowest BCUT2D eigenvalue weighted by atomic mass is 10.1. The van der Waals surface area contributed by atoms with Crippen LogP contribution in [0.3, 0.4) is 0 Å². The summed E-state index contributed by atoms with van der Waals surface area (Å²) >= 11 is 0. The maximum Gasteiger partial charge on any atom is 0.134 e. The quantitative estimate of drug-likeness (QED) is 0.753. The molecule has 1 aromatic heterocycles. The van der Waals surface area contributed by atoms with Crippen molar-refractivity contribution in [1.29, 1.82) is 0 Å². The van der Waals surface area contributed by atoms with E-state index in [1.165, 1.54) is 10.9 Å². The van der Waals surface area contributed by atoms with Crippen LogP contribution in [-0.2, 0) is 17.8 Å². The molecule has 2 aromatic rings. The van der Waals surface area contributed by atoms with Crippen LogP contribution in [0.5, 0.6) is 0 Å². The fraction of sp³-hybridized carbons (Fsp3) is 0.500. The molecule has 1 heterocycles. The summed E-state index contributed by atoms with van der Waals surface area (Å²) in [6.45, 7) is 8.91. The summed E-state index contributed by atoms with van der Waals surface area (Å²) in [6.07, 6.45) is 0. The number of hydrogen-bond acceptors (Lipinski definition) is 4. The largest absolute Gasteiger partial charge is 0.459 e. The fourth-order valence-electron chi connectivity index (χ4n) is 2.40. The predicted octanol–water partition coefficient (Wildman–Crippen LogP) is 2.75. The molecule has 1 aromatic carbocycles. The van der Waals surface area contributed by atoms with Crippen LogP contribution in [0.1, 0.15) is 25.2 Å². The van der Waals surface area contributed by atoms with Crippen LogP contribution in [0.2, 0.25) is 0 Å². The number of fused-ring (bicyclic) bond motifs is 1. The highest BCUT2D eigenvalue weighted by Gasteiger charge is 2.15. The van der Waals surface area contributed by atoms with E-state index in [2.05, 4.69) is 17.9 Å². The molecule has 0 unspecified atom stereocenters. The molecule has 0 aliphatic heterocycles. The first-order chi connectivity index (χ1) is 9.80. The maximum atomic E-state index is 5.84. The summed E-state index contributed by atoms with van der Waals surface area (Å²) in [5.74, 6) is 0.890. The van der Waals surface area contributed by atoms with Crippen LogP contribution in [-0.4, -0.2) is 31.2 Å². The van der Waals surface area contributed by atoms with Gasteiger partial charge in [-0.3, -0.25) is 4.90 Å². The molecular weight excluding hydrogens is 252 g/mol. The first-order valence-corrected chi connectivity index (χ1v) is 7.29. The van der Waals surface area contributed by atoms with Crippen molar-refractivity contribution in [3.63, 3.8) is 0 Å². The van der Waals surface area contributed by atoms with Crippen LogP contribution in [0.25, 0.3) is 11.0 Å². The number of likely N-dealkylation sites (N-methyl/N-ethyl adjacent to an activating group) is 1. The van der Waals surface area contributed by atoms with Gasteiger partial charge in [-0.1, -0.05) is 25.1 Å². The number of nitrogens with zero attached hydrogens (tertiary/aromatic N) is 1. The summed E-state index contributed by atoms with van der Waals surface area (Å²) in [4.78, 5) is 2.35. The lowest BCUT2D eigenvalue weighted by Crippen LogP contribution is -2.27.